The van der Waals surface area contributed by atoms with Gasteiger partial charge in [0.15, 0.2) is 11.4 Å². The third kappa shape index (κ3) is 2.91. The summed E-state index contributed by atoms with van der Waals surface area (Å²) in [5.41, 5.74) is -4.72. The maximum atomic E-state index is 14.0. The number of pyridine rings is 1. The fourth-order valence-electron chi connectivity index (χ4n) is 5.38. The summed E-state index contributed by atoms with van der Waals surface area (Å²) in [7, 11) is 0. The Morgan fingerprint density at radius 1 is 1.15 bits per heavy atom. The van der Waals surface area contributed by atoms with Crippen molar-refractivity contribution in [3.05, 3.63) is 62.3 Å². The average Bonchev–Trinajstić information content (AvgIpc) is 2.92. The third-order valence-corrected chi connectivity index (χ3v) is 6.96. The van der Waals surface area contributed by atoms with Gasteiger partial charge in [-0.05, 0) is 19.3 Å². The van der Waals surface area contributed by atoms with Gasteiger partial charge in [0.1, 0.15) is 35.2 Å². The predicted octanol–water partition coefficient (Wildman–Crippen LogP) is 0.644. The van der Waals surface area contributed by atoms with Crippen LogP contribution in [0.25, 0.3) is 0 Å². The van der Waals surface area contributed by atoms with Gasteiger partial charge in [-0.25, -0.2) is 13.2 Å². The molecule has 2 aromatic rings. The number of nitrogens with zero attached hydrogens (tertiary/aromatic N) is 2. The summed E-state index contributed by atoms with van der Waals surface area (Å²) >= 11 is 0. The van der Waals surface area contributed by atoms with Gasteiger partial charge in [0.2, 0.25) is 5.43 Å². The predicted molar refractivity (Wildman–Crippen MR) is 109 cm³/mol. The Morgan fingerprint density at radius 2 is 1.82 bits per heavy atom. The lowest BCUT2D eigenvalue weighted by Gasteiger charge is -2.43. The van der Waals surface area contributed by atoms with Crippen LogP contribution in [0, 0.1) is 17.5 Å². The number of aliphatic hydroxyl groups is 2. The van der Waals surface area contributed by atoms with Gasteiger partial charge in [-0.15, -0.1) is 0 Å². The SMILES string of the molecule is O=C(NCc1c(F)cc(F)cc1F)c1c2n3c(c(O)c1=O)C(=O)N1CCCC[C@]3(C1)[C@H](O)[C@H]2O. The second-order valence-electron chi connectivity index (χ2n) is 8.83. The topological polar surface area (TPSA) is 132 Å². The molecule has 0 unspecified atom stereocenters. The number of carbonyl (C=O) groups excluding carboxylic acids is 2. The van der Waals surface area contributed by atoms with Gasteiger partial charge in [-0.1, -0.05) is 0 Å². The lowest BCUT2D eigenvalue weighted by atomic mass is 9.86. The van der Waals surface area contributed by atoms with E-state index in [0.29, 0.717) is 37.9 Å². The van der Waals surface area contributed by atoms with Crippen LogP contribution < -0.4 is 10.7 Å². The lowest BCUT2D eigenvalue weighted by molar-refractivity contribution is -0.0431. The van der Waals surface area contributed by atoms with E-state index in [1.54, 1.807) is 0 Å². The van der Waals surface area contributed by atoms with Gasteiger partial charge in [-0.2, -0.15) is 0 Å². The van der Waals surface area contributed by atoms with Crippen LogP contribution in [0.3, 0.4) is 0 Å². The second kappa shape index (κ2) is 7.57. The first kappa shape index (κ1) is 22.4. The highest BCUT2D eigenvalue weighted by atomic mass is 19.1. The molecule has 4 N–H and O–H groups in total. The number of fused-ring (bicyclic) bond motifs is 1. The van der Waals surface area contributed by atoms with Gasteiger partial charge >= 0.3 is 0 Å². The average molecular weight is 479 g/mol. The molecule has 1 aromatic carbocycles. The molecular formula is C22H20F3N3O6. The molecule has 2 amide bonds. The monoisotopic (exact) mass is 479 g/mol. The largest absolute Gasteiger partial charge is 0.503 e. The molecule has 0 saturated carbocycles. The number of amides is 2. The number of hydrogen-bond acceptors (Lipinski definition) is 6. The quantitative estimate of drug-likeness (QED) is 0.511. The maximum absolute atomic E-state index is 14.0. The molecule has 1 fully saturated rings. The first-order valence-corrected chi connectivity index (χ1v) is 10.7. The van der Waals surface area contributed by atoms with E-state index in [2.05, 4.69) is 5.32 Å². The lowest BCUT2D eigenvalue weighted by Crippen LogP contribution is -2.56. The molecule has 4 heterocycles. The van der Waals surface area contributed by atoms with Gasteiger partial charge in [0, 0.05) is 37.3 Å². The molecule has 9 nitrogen and oxygen atoms in total. The van der Waals surface area contributed by atoms with Gasteiger partial charge in [-0.3, -0.25) is 14.4 Å². The Kier molecular flexibility index (Phi) is 4.99. The molecule has 12 heteroatoms. The van der Waals surface area contributed by atoms with Crippen molar-refractivity contribution < 1.29 is 38.1 Å². The van der Waals surface area contributed by atoms with E-state index in [0.717, 1.165) is 0 Å². The summed E-state index contributed by atoms with van der Waals surface area (Å²) in [4.78, 5) is 40.4. The van der Waals surface area contributed by atoms with Gasteiger partial charge in [0.25, 0.3) is 11.8 Å². The van der Waals surface area contributed by atoms with Crippen LogP contribution in [-0.2, 0) is 12.1 Å². The van der Waals surface area contributed by atoms with Crippen molar-refractivity contribution in [2.45, 2.75) is 43.6 Å². The number of carbonyl (C=O) groups is 2. The zero-order valence-corrected chi connectivity index (χ0v) is 17.6. The fourth-order valence-corrected chi connectivity index (χ4v) is 5.38. The maximum Gasteiger partial charge on any atom is 0.274 e. The van der Waals surface area contributed by atoms with Crippen LogP contribution in [0.1, 0.15) is 57.5 Å². The fraction of sp³-hybridized carbons (Fsp3) is 0.409. The molecular weight excluding hydrogens is 459 g/mol. The molecule has 1 aromatic heterocycles. The molecule has 3 aliphatic rings. The molecule has 180 valence electrons. The molecule has 0 aliphatic carbocycles. The van der Waals surface area contributed by atoms with Gasteiger partial charge in [0.05, 0.1) is 11.2 Å². The molecule has 34 heavy (non-hydrogen) atoms. The van der Waals surface area contributed by atoms with Crippen molar-refractivity contribution in [1.29, 1.82) is 0 Å². The Bertz CT molecular complexity index is 1290. The molecule has 3 atom stereocenters. The van der Waals surface area contributed by atoms with Crippen molar-refractivity contribution in [3.63, 3.8) is 0 Å². The van der Waals surface area contributed by atoms with E-state index in [1.807, 2.05) is 0 Å². The number of aromatic nitrogens is 1. The number of hydrogen-bond donors (Lipinski definition) is 4. The zero-order valence-electron chi connectivity index (χ0n) is 17.6. The van der Waals surface area contributed by atoms with E-state index >= 15 is 0 Å². The zero-order chi connectivity index (χ0) is 24.5. The minimum atomic E-state index is -1.74. The minimum absolute atomic E-state index is 0.0133. The molecule has 1 spiro atoms. The van der Waals surface area contributed by atoms with E-state index in [9.17, 15) is 42.9 Å². The smallest absolute Gasteiger partial charge is 0.274 e. The first-order valence-electron chi connectivity index (χ1n) is 10.7. The third-order valence-electron chi connectivity index (χ3n) is 6.96. The first-order chi connectivity index (χ1) is 16.1. The highest BCUT2D eigenvalue weighted by Gasteiger charge is 2.59. The van der Waals surface area contributed by atoms with Crippen LogP contribution >= 0.6 is 0 Å². The second-order valence-corrected chi connectivity index (χ2v) is 8.83. The van der Waals surface area contributed by atoms with E-state index in [4.69, 9.17) is 0 Å². The summed E-state index contributed by atoms with van der Waals surface area (Å²) in [6, 6.07) is 0.855. The molecule has 5 rings (SSSR count). The molecule has 2 bridgehead atoms. The Hall–Kier alpha value is -3.38. The Morgan fingerprint density at radius 3 is 2.50 bits per heavy atom. The number of aliphatic hydroxyl groups excluding tert-OH is 2. The normalized spacial score (nSPS) is 25.2. The summed E-state index contributed by atoms with van der Waals surface area (Å²) in [5, 5.41) is 34.7. The summed E-state index contributed by atoms with van der Waals surface area (Å²) in [6.07, 6.45) is -1.74. The summed E-state index contributed by atoms with van der Waals surface area (Å²) in [5.74, 6) is -6.55. The van der Waals surface area contributed by atoms with Crippen LogP contribution in [0.15, 0.2) is 16.9 Å². The van der Waals surface area contributed by atoms with Gasteiger partial charge < -0.3 is 30.1 Å². The Balaban J connectivity index is 1.64. The van der Waals surface area contributed by atoms with Crippen LogP contribution in [0.4, 0.5) is 13.2 Å². The van der Waals surface area contributed by atoms with Crippen molar-refractivity contribution in [2.75, 3.05) is 13.1 Å². The Labute approximate surface area is 190 Å². The minimum Gasteiger partial charge on any atom is -0.503 e. The van der Waals surface area contributed by atoms with Crippen LogP contribution in [0.5, 0.6) is 5.75 Å². The molecule has 3 aliphatic heterocycles. The number of benzene rings is 1. The van der Waals surface area contributed by atoms with Crippen LogP contribution in [0.2, 0.25) is 0 Å². The van der Waals surface area contributed by atoms with Crippen molar-refractivity contribution in [1.82, 2.24) is 14.8 Å². The van der Waals surface area contributed by atoms with Crippen molar-refractivity contribution >= 4 is 11.8 Å². The van der Waals surface area contributed by atoms with Crippen molar-refractivity contribution in [2.24, 2.45) is 0 Å². The summed E-state index contributed by atoms with van der Waals surface area (Å²) < 4.78 is 42.3. The van der Waals surface area contributed by atoms with E-state index < -0.39 is 81.6 Å². The van der Waals surface area contributed by atoms with Crippen LogP contribution in [-0.4, -0.2) is 55.8 Å². The van der Waals surface area contributed by atoms with Crippen molar-refractivity contribution in [3.8, 4) is 5.75 Å². The summed E-state index contributed by atoms with van der Waals surface area (Å²) in [6.45, 7) is -0.419. The van der Waals surface area contributed by atoms with E-state index in [-0.39, 0.29) is 12.2 Å². The number of aromatic hydroxyl groups is 1. The highest BCUT2D eigenvalue weighted by molar-refractivity contribution is 6.00. The number of nitrogens with one attached hydrogen (secondary N) is 1. The molecule has 0 radical (unpaired) electrons. The highest BCUT2D eigenvalue weighted by Crippen LogP contribution is 2.49. The van der Waals surface area contributed by atoms with E-state index in [1.165, 1.54) is 9.47 Å². The molecule has 1 saturated heterocycles. The standard InChI is InChI=1S/C22H20F3N3O6/c23-9-5-11(24)10(12(25)6-9)7-26-20(33)13-14-18(31)19(32)22-3-1-2-4-27(8-22)21(34)15(28(14)22)17(30)16(13)29/h5-6,18-19,30-32H,1-4,7-8H2,(H,26,33)/t18-,19+,22-/m0/s1. The number of rotatable bonds is 3. The number of halogens is 3.